The average Bonchev–Trinajstić information content (AvgIpc) is 3.89. The molecule has 1 aliphatic carbocycles. The summed E-state index contributed by atoms with van der Waals surface area (Å²) < 4.78 is 39.6. The molecule has 2 aromatic rings. The van der Waals surface area contributed by atoms with Gasteiger partial charge in [-0.05, 0) is 80.3 Å². The summed E-state index contributed by atoms with van der Waals surface area (Å²) in [7, 11) is 0. The summed E-state index contributed by atoms with van der Waals surface area (Å²) in [5.41, 5.74) is 3.89. The number of ether oxygens (including phenoxy) is 7. The highest BCUT2D eigenvalue weighted by Crippen LogP contribution is 2.48. The van der Waals surface area contributed by atoms with E-state index in [2.05, 4.69) is 0 Å². The summed E-state index contributed by atoms with van der Waals surface area (Å²) in [4.78, 5) is 52.6. The van der Waals surface area contributed by atoms with Crippen LogP contribution in [0.2, 0.25) is 0 Å². The first-order valence-corrected chi connectivity index (χ1v) is 16.1. The number of carbonyl (C=O) groups is 4. The van der Waals surface area contributed by atoms with Crippen LogP contribution >= 0.6 is 0 Å². The second kappa shape index (κ2) is 15.0. The Kier molecular flexibility index (Phi) is 10.8. The molecule has 3 aliphatic rings. The molecule has 1 unspecified atom stereocenters. The molecule has 0 spiro atoms. The van der Waals surface area contributed by atoms with Gasteiger partial charge < -0.3 is 33.2 Å². The third-order valence-corrected chi connectivity index (χ3v) is 8.46. The minimum Gasteiger partial charge on any atom is -0.486 e. The number of rotatable bonds is 12. The van der Waals surface area contributed by atoms with Crippen LogP contribution in [0.5, 0.6) is 11.5 Å². The van der Waals surface area contributed by atoms with E-state index in [0.717, 1.165) is 24.0 Å². The molecule has 0 amide bonds. The largest absolute Gasteiger partial charge is 0.486 e. The van der Waals surface area contributed by atoms with Gasteiger partial charge in [-0.15, -0.1) is 0 Å². The van der Waals surface area contributed by atoms with Crippen molar-refractivity contribution in [2.45, 2.75) is 65.1 Å². The first-order valence-electron chi connectivity index (χ1n) is 16.1. The molecule has 0 radical (unpaired) electrons. The van der Waals surface area contributed by atoms with Crippen LogP contribution in [0, 0.1) is 17.8 Å². The minimum atomic E-state index is -1.32. The van der Waals surface area contributed by atoms with Crippen molar-refractivity contribution < 1.29 is 52.3 Å². The number of fused-ring (bicyclic) bond motifs is 1. The molecule has 1 saturated carbocycles. The molecule has 5 rings (SSSR count). The normalized spacial score (nSPS) is 23.6. The summed E-state index contributed by atoms with van der Waals surface area (Å²) in [5.74, 6) is -4.82. The maximum absolute atomic E-state index is 13.7. The van der Waals surface area contributed by atoms with E-state index in [-0.39, 0.29) is 26.4 Å². The zero-order valence-corrected chi connectivity index (χ0v) is 26.8. The Morgan fingerprint density at radius 2 is 1.37 bits per heavy atom. The van der Waals surface area contributed by atoms with Crippen molar-refractivity contribution in [2.24, 2.45) is 17.8 Å². The quantitative estimate of drug-likeness (QED) is 0.241. The summed E-state index contributed by atoms with van der Waals surface area (Å²) in [6, 6.07) is 11.8. The Hall–Kier alpha value is -4.12. The molecule has 1 saturated heterocycles. The molecule has 11 nitrogen and oxygen atoms in total. The molecule has 46 heavy (non-hydrogen) atoms. The lowest BCUT2D eigenvalue weighted by atomic mass is 9.71. The standard InChI is InChI=1S/C35H42O11/c1-5-40-33(37)29-28(19-45-20(4)36)46-32(31(35(39)42-7-3)30(29)34(38)41-6-2)23-11-12-25(22-9-10-22)24(18-23)16-21-8-13-26-27(17-21)44-15-14-43-26/h8,11-13,17-18,22,28-32H,5-7,9-10,14-16,19H2,1-4H3/t28-,29-,30-,31-,32?/m0/s1. The van der Waals surface area contributed by atoms with Crippen LogP contribution in [0.25, 0.3) is 0 Å². The molecule has 11 heteroatoms. The summed E-state index contributed by atoms with van der Waals surface area (Å²) in [5, 5.41) is 0. The van der Waals surface area contributed by atoms with Crippen molar-refractivity contribution in [3.05, 3.63) is 58.7 Å². The van der Waals surface area contributed by atoms with Crippen LogP contribution < -0.4 is 9.47 Å². The molecule has 0 aromatic heterocycles. The van der Waals surface area contributed by atoms with Gasteiger partial charge in [-0.2, -0.15) is 0 Å². The molecule has 2 fully saturated rings. The summed E-state index contributed by atoms with van der Waals surface area (Å²) >= 11 is 0. The van der Waals surface area contributed by atoms with Crippen molar-refractivity contribution in [3.8, 4) is 11.5 Å². The second-order valence-corrected chi connectivity index (χ2v) is 11.6. The van der Waals surface area contributed by atoms with Crippen molar-refractivity contribution in [1.82, 2.24) is 0 Å². The lowest BCUT2D eigenvalue weighted by Gasteiger charge is -2.43. The highest BCUT2D eigenvalue weighted by atomic mass is 16.6. The van der Waals surface area contributed by atoms with Gasteiger partial charge in [0.2, 0.25) is 0 Å². The summed E-state index contributed by atoms with van der Waals surface area (Å²) in [6.07, 6.45) is 0.617. The first kappa shape index (κ1) is 33.2. The third kappa shape index (κ3) is 7.46. The van der Waals surface area contributed by atoms with Crippen molar-refractivity contribution >= 4 is 23.9 Å². The molecule has 2 aliphatic heterocycles. The summed E-state index contributed by atoms with van der Waals surface area (Å²) in [6.45, 7) is 6.95. The Bertz CT molecular complexity index is 1430. The molecular weight excluding hydrogens is 596 g/mol. The fraction of sp³-hybridized carbons (Fsp3) is 0.543. The Labute approximate surface area is 268 Å². The van der Waals surface area contributed by atoms with Crippen LogP contribution in [-0.2, 0) is 49.3 Å². The molecule has 2 heterocycles. The molecule has 0 bridgehead atoms. The lowest BCUT2D eigenvalue weighted by Crippen LogP contribution is -2.55. The predicted octanol–water partition coefficient (Wildman–Crippen LogP) is 4.47. The number of benzene rings is 2. The van der Waals surface area contributed by atoms with E-state index in [4.69, 9.17) is 33.2 Å². The first-order chi connectivity index (χ1) is 22.2. The van der Waals surface area contributed by atoms with E-state index in [1.54, 1.807) is 20.8 Å². The van der Waals surface area contributed by atoms with Crippen LogP contribution in [-0.4, -0.2) is 69.6 Å². The highest BCUT2D eigenvalue weighted by Gasteiger charge is 2.57. The van der Waals surface area contributed by atoms with Crippen LogP contribution in [0.15, 0.2) is 36.4 Å². The highest BCUT2D eigenvalue weighted by molar-refractivity contribution is 5.88. The topological polar surface area (TPSA) is 133 Å². The van der Waals surface area contributed by atoms with Gasteiger partial charge >= 0.3 is 23.9 Å². The van der Waals surface area contributed by atoms with Crippen molar-refractivity contribution in [2.75, 3.05) is 39.6 Å². The second-order valence-electron chi connectivity index (χ2n) is 11.6. The fourth-order valence-corrected chi connectivity index (χ4v) is 6.37. The Morgan fingerprint density at radius 3 is 2.00 bits per heavy atom. The van der Waals surface area contributed by atoms with Gasteiger partial charge in [0, 0.05) is 6.92 Å². The maximum atomic E-state index is 13.7. The number of hydrogen-bond donors (Lipinski definition) is 0. The van der Waals surface area contributed by atoms with E-state index in [0.29, 0.717) is 42.6 Å². The smallest absolute Gasteiger partial charge is 0.312 e. The number of hydrogen-bond acceptors (Lipinski definition) is 11. The predicted molar refractivity (Wildman–Crippen MR) is 163 cm³/mol. The van der Waals surface area contributed by atoms with Gasteiger partial charge in [0.05, 0.1) is 31.8 Å². The van der Waals surface area contributed by atoms with Gasteiger partial charge in [0.25, 0.3) is 0 Å². The SMILES string of the molecule is CCOC(=O)[C@@H]1[C@H](C(=O)OCC)[C@H](C(=O)OCC)C(c2ccc(C3CC3)c(Cc3ccc4c(c3)OCCO4)c2)O[C@H]1COC(C)=O. The number of esters is 4. The van der Waals surface area contributed by atoms with Gasteiger partial charge in [-0.3, -0.25) is 19.2 Å². The van der Waals surface area contributed by atoms with E-state index in [9.17, 15) is 19.2 Å². The molecular formula is C35H42O11. The lowest BCUT2D eigenvalue weighted by molar-refractivity contribution is -0.211. The van der Waals surface area contributed by atoms with E-state index in [1.165, 1.54) is 12.5 Å². The minimum absolute atomic E-state index is 0.0241. The van der Waals surface area contributed by atoms with Crippen LogP contribution in [0.3, 0.4) is 0 Å². The number of carbonyl (C=O) groups excluding carboxylic acids is 4. The van der Waals surface area contributed by atoms with Gasteiger partial charge in [0.15, 0.2) is 11.5 Å². The molecule has 2 aromatic carbocycles. The van der Waals surface area contributed by atoms with Gasteiger partial charge in [0.1, 0.15) is 37.8 Å². The Balaban J connectivity index is 1.59. The third-order valence-electron chi connectivity index (χ3n) is 8.46. The van der Waals surface area contributed by atoms with Crippen LogP contribution in [0.1, 0.15) is 74.8 Å². The average molecular weight is 639 g/mol. The van der Waals surface area contributed by atoms with E-state index >= 15 is 0 Å². The maximum Gasteiger partial charge on any atom is 0.312 e. The zero-order chi connectivity index (χ0) is 32.8. The van der Waals surface area contributed by atoms with E-state index < -0.39 is 53.8 Å². The molecule has 248 valence electrons. The zero-order valence-electron chi connectivity index (χ0n) is 26.8. The van der Waals surface area contributed by atoms with Gasteiger partial charge in [-0.1, -0.05) is 24.3 Å². The Morgan fingerprint density at radius 1 is 0.739 bits per heavy atom. The molecule has 0 N–H and O–H groups in total. The van der Waals surface area contributed by atoms with Crippen molar-refractivity contribution in [1.29, 1.82) is 0 Å². The van der Waals surface area contributed by atoms with Gasteiger partial charge in [-0.25, -0.2) is 0 Å². The fourth-order valence-electron chi connectivity index (χ4n) is 6.37. The van der Waals surface area contributed by atoms with Crippen LogP contribution in [0.4, 0.5) is 0 Å². The molecule has 5 atom stereocenters. The van der Waals surface area contributed by atoms with E-state index in [1.807, 2.05) is 36.4 Å². The monoisotopic (exact) mass is 638 g/mol. The van der Waals surface area contributed by atoms with Crippen molar-refractivity contribution in [3.63, 3.8) is 0 Å².